The highest BCUT2D eigenvalue weighted by atomic mass is 16.5. The number of imidazole rings is 1. The molecule has 1 unspecified atom stereocenters. The van der Waals surface area contributed by atoms with Gasteiger partial charge in [-0.15, -0.1) is 0 Å². The van der Waals surface area contributed by atoms with E-state index in [9.17, 15) is 9.59 Å². The first-order valence-electron chi connectivity index (χ1n) is 11.0. The Hall–Kier alpha value is -3.66. The highest BCUT2D eigenvalue weighted by Crippen LogP contribution is 2.37. The highest BCUT2D eigenvalue weighted by Gasteiger charge is 2.26. The van der Waals surface area contributed by atoms with Crippen molar-refractivity contribution in [3.63, 3.8) is 0 Å². The lowest BCUT2D eigenvalue weighted by Crippen LogP contribution is -2.38. The summed E-state index contributed by atoms with van der Waals surface area (Å²) in [5, 5.41) is 1.80. The van der Waals surface area contributed by atoms with Gasteiger partial charge in [-0.2, -0.15) is 0 Å². The van der Waals surface area contributed by atoms with E-state index in [1.54, 1.807) is 31.2 Å². The van der Waals surface area contributed by atoms with E-state index < -0.39 is 5.56 Å². The van der Waals surface area contributed by atoms with E-state index >= 15 is 0 Å². The maximum absolute atomic E-state index is 12.9. The first-order chi connectivity index (χ1) is 16.2. The van der Waals surface area contributed by atoms with Crippen LogP contribution in [-0.2, 0) is 13.6 Å². The van der Waals surface area contributed by atoms with Gasteiger partial charge in [-0.25, -0.2) is 9.78 Å². The van der Waals surface area contributed by atoms with Gasteiger partial charge in [-0.1, -0.05) is 13.8 Å². The minimum Gasteiger partial charge on any atom is -0.493 e. The van der Waals surface area contributed by atoms with Crippen LogP contribution in [0.4, 0.5) is 0 Å². The molecule has 3 heterocycles. The number of rotatable bonds is 7. The molecule has 4 aromatic rings. The normalized spacial score (nSPS) is 12.7. The summed E-state index contributed by atoms with van der Waals surface area (Å²) in [6.07, 6.45) is 3.55. The molecule has 0 saturated carbocycles. The third-order valence-electron chi connectivity index (χ3n) is 5.91. The Morgan fingerprint density at radius 2 is 1.76 bits per heavy atom. The topological polar surface area (TPSA) is 107 Å². The van der Waals surface area contributed by atoms with Gasteiger partial charge in [-0.3, -0.25) is 23.8 Å². The van der Waals surface area contributed by atoms with Gasteiger partial charge in [0.1, 0.15) is 11.3 Å². The van der Waals surface area contributed by atoms with Crippen LogP contribution in [0.25, 0.3) is 21.9 Å². The van der Waals surface area contributed by atoms with Crippen molar-refractivity contribution >= 4 is 21.9 Å². The molecule has 1 aromatic carbocycles. The van der Waals surface area contributed by atoms with Crippen LogP contribution in [0.2, 0.25) is 0 Å². The molecular formula is C24H30N6O4. The summed E-state index contributed by atoms with van der Waals surface area (Å²) in [6, 6.07) is 3.43. The molecule has 10 heteroatoms. The van der Waals surface area contributed by atoms with Crippen molar-refractivity contribution in [2.45, 2.75) is 26.4 Å². The summed E-state index contributed by atoms with van der Waals surface area (Å²) in [5.41, 5.74) is 0.748. The minimum atomic E-state index is -0.404. The maximum atomic E-state index is 12.9. The van der Waals surface area contributed by atoms with E-state index in [0.717, 1.165) is 20.9 Å². The molecular weight excluding hydrogens is 436 g/mol. The van der Waals surface area contributed by atoms with Crippen molar-refractivity contribution in [1.29, 1.82) is 0 Å². The van der Waals surface area contributed by atoms with Gasteiger partial charge in [0, 0.05) is 36.9 Å². The van der Waals surface area contributed by atoms with Crippen LogP contribution in [0, 0.1) is 5.92 Å². The standard InChI is InChI=1S/C24H30N6O4/c1-13(2)12-30-22-19(23(31)29(5)24(30)32)26-21(27-22)20(28(3)4)16-11-25-10-14-8-17(33-6)18(34-7)9-15(14)16/h8-11,13,20H,12H2,1-7H3,(H,26,27). The Labute approximate surface area is 196 Å². The summed E-state index contributed by atoms with van der Waals surface area (Å²) < 4.78 is 13.6. The molecule has 0 amide bonds. The third kappa shape index (κ3) is 3.83. The van der Waals surface area contributed by atoms with Crippen LogP contribution in [0.5, 0.6) is 11.5 Å². The van der Waals surface area contributed by atoms with Crippen LogP contribution in [-0.4, -0.2) is 57.3 Å². The summed E-state index contributed by atoms with van der Waals surface area (Å²) in [4.78, 5) is 40.2. The average molecular weight is 467 g/mol. The fourth-order valence-electron chi connectivity index (χ4n) is 4.32. The predicted octanol–water partition coefficient (Wildman–Crippen LogP) is 2.30. The number of methoxy groups -OCH3 is 2. The summed E-state index contributed by atoms with van der Waals surface area (Å²) in [5.74, 6) is 1.96. The molecule has 0 bridgehead atoms. The van der Waals surface area contributed by atoms with Crippen LogP contribution in [0.3, 0.4) is 0 Å². The van der Waals surface area contributed by atoms with Gasteiger partial charge in [0.05, 0.1) is 20.3 Å². The van der Waals surface area contributed by atoms with Gasteiger partial charge in [0.15, 0.2) is 17.1 Å². The second kappa shape index (κ2) is 8.94. The molecule has 0 spiro atoms. The zero-order valence-corrected chi connectivity index (χ0v) is 20.5. The van der Waals surface area contributed by atoms with Gasteiger partial charge >= 0.3 is 5.69 Å². The average Bonchev–Trinajstić information content (AvgIpc) is 3.24. The van der Waals surface area contributed by atoms with Crippen molar-refractivity contribution in [3.05, 3.63) is 56.8 Å². The molecule has 0 aliphatic heterocycles. The SMILES string of the molecule is COc1cc2cncc(C(c3nc4c([nH]3)c(=O)n(C)c(=O)n4CC(C)C)N(C)C)c2cc1OC. The monoisotopic (exact) mass is 466 g/mol. The fraction of sp³-hybridized carbons (Fsp3) is 0.417. The van der Waals surface area contributed by atoms with Crippen LogP contribution in [0.1, 0.15) is 31.3 Å². The third-order valence-corrected chi connectivity index (χ3v) is 5.91. The molecule has 0 aliphatic rings. The van der Waals surface area contributed by atoms with E-state index in [1.807, 2.05) is 45.0 Å². The highest BCUT2D eigenvalue weighted by molar-refractivity contribution is 5.89. The number of hydrogen-bond donors (Lipinski definition) is 1. The molecule has 180 valence electrons. The van der Waals surface area contributed by atoms with Crippen molar-refractivity contribution in [2.24, 2.45) is 13.0 Å². The number of benzene rings is 1. The van der Waals surface area contributed by atoms with E-state index in [2.05, 4.69) is 9.97 Å². The number of hydrogen-bond acceptors (Lipinski definition) is 7. The number of fused-ring (bicyclic) bond motifs is 2. The fourth-order valence-corrected chi connectivity index (χ4v) is 4.32. The van der Waals surface area contributed by atoms with Crippen molar-refractivity contribution in [2.75, 3.05) is 28.3 Å². The molecule has 3 aromatic heterocycles. The van der Waals surface area contributed by atoms with E-state index in [1.165, 1.54) is 7.05 Å². The number of aromatic amines is 1. The first-order valence-corrected chi connectivity index (χ1v) is 11.0. The Kier molecular flexibility index (Phi) is 6.18. The van der Waals surface area contributed by atoms with E-state index in [4.69, 9.17) is 14.5 Å². The largest absolute Gasteiger partial charge is 0.493 e. The Morgan fingerprint density at radius 1 is 1.09 bits per heavy atom. The number of pyridine rings is 1. The molecule has 10 nitrogen and oxygen atoms in total. The molecule has 34 heavy (non-hydrogen) atoms. The number of aromatic nitrogens is 5. The van der Waals surface area contributed by atoms with Gasteiger partial charge in [0.2, 0.25) is 0 Å². The molecule has 1 N–H and O–H groups in total. The Balaban J connectivity index is 2.00. The number of ether oxygens (including phenoxy) is 2. The van der Waals surface area contributed by atoms with Crippen LogP contribution in [0.15, 0.2) is 34.1 Å². The van der Waals surface area contributed by atoms with Crippen LogP contribution >= 0.6 is 0 Å². The smallest absolute Gasteiger partial charge is 0.332 e. The van der Waals surface area contributed by atoms with Crippen LogP contribution < -0.4 is 20.7 Å². The Morgan fingerprint density at radius 3 is 2.38 bits per heavy atom. The maximum Gasteiger partial charge on any atom is 0.332 e. The van der Waals surface area contributed by atoms with E-state index in [0.29, 0.717) is 35.0 Å². The van der Waals surface area contributed by atoms with Gasteiger partial charge in [0.25, 0.3) is 5.56 Å². The predicted molar refractivity (Wildman–Crippen MR) is 131 cm³/mol. The first kappa shape index (κ1) is 23.5. The molecule has 4 rings (SSSR count). The minimum absolute atomic E-state index is 0.202. The van der Waals surface area contributed by atoms with Crippen molar-refractivity contribution < 1.29 is 9.47 Å². The second-order valence-corrected chi connectivity index (χ2v) is 9.00. The number of nitrogens with zero attached hydrogens (tertiary/aromatic N) is 5. The molecule has 0 fully saturated rings. The quantitative estimate of drug-likeness (QED) is 0.445. The zero-order valence-electron chi connectivity index (χ0n) is 20.5. The summed E-state index contributed by atoms with van der Waals surface area (Å²) in [7, 11) is 8.53. The van der Waals surface area contributed by atoms with Crippen molar-refractivity contribution in [3.8, 4) is 11.5 Å². The second-order valence-electron chi connectivity index (χ2n) is 9.00. The summed E-state index contributed by atoms with van der Waals surface area (Å²) >= 11 is 0. The number of nitrogens with one attached hydrogen (secondary N) is 1. The Bertz CT molecular complexity index is 1480. The lowest BCUT2D eigenvalue weighted by atomic mass is 9.99. The summed E-state index contributed by atoms with van der Waals surface area (Å²) in [6.45, 7) is 4.49. The lowest BCUT2D eigenvalue weighted by molar-refractivity contribution is 0.332. The molecule has 0 radical (unpaired) electrons. The molecule has 1 atom stereocenters. The van der Waals surface area contributed by atoms with Gasteiger partial charge in [-0.05, 0) is 37.5 Å². The molecule has 0 aliphatic carbocycles. The number of H-pyrrole nitrogens is 1. The molecule has 0 saturated heterocycles. The zero-order chi connectivity index (χ0) is 24.7. The van der Waals surface area contributed by atoms with Gasteiger partial charge < -0.3 is 14.5 Å². The van der Waals surface area contributed by atoms with E-state index in [-0.39, 0.29) is 17.6 Å². The lowest BCUT2D eigenvalue weighted by Gasteiger charge is -2.24. The van der Waals surface area contributed by atoms with Crippen molar-refractivity contribution in [1.82, 2.24) is 29.0 Å².